The molecule has 16 rings (SSSR count). The molecule has 8 atom stereocenters. The van der Waals surface area contributed by atoms with Gasteiger partial charge >= 0.3 is 0 Å². The van der Waals surface area contributed by atoms with Gasteiger partial charge in [-0.05, 0) is 134 Å². The minimum atomic E-state index is -1.17. The molecule has 81 heavy (non-hydrogen) atoms. The zero-order valence-corrected chi connectivity index (χ0v) is 46.9. The molecule has 6 aliphatic heterocycles. The van der Waals surface area contributed by atoms with E-state index in [0.717, 1.165) is 103 Å². The lowest BCUT2D eigenvalue weighted by molar-refractivity contribution is -0.128. The molecule has 2 aliphatic carbocycles. The number of amides is 3. The van der Waals surface area contributed by atoms with Crippen molar-refractivity contribution in [3.05, 3.63) is 175 Å². The van der Waals surface area contributed by atoms with Crippen molar-refractivity contribution in [3.8, 4) is 0 Å². The summed E-state index contributed by atoms with van der Waals surface area (Å²) in [6, 6.07) is 32.7. The summed E-state index contributed by atoms with van der Waals surface area (Å²) in [5, 5.41) is 10.2. The molecular weight excluding hydrogens is 1110 g/mol. The number of nitrogens with zero attached hydrogens (tertiary/aromatic N) is 6. The average molecular weight is 1170 g/mol. The molecule has 2 saturated carbocycles. The van der Waals surface area contributed by atoms with Crippen LogP contribution >= 0.6 is 46.4 Å². The van der Waals surface area contributed by atoms with E-state index in [-0.39, 0.29) is 51.7 Å². The smallest absolute Gasteiger partial charge is 0.250 e. The van der Waals surface area contributed by atoms with Crippen molar-refractivity contribution >= 4 is 109 Å². The lowest BCUT2D eigenvalue weighted by Crippen LogP contribution is -2.53. The minimum absolute atomic E-state index is 0.0111. The quantitative estimate of drug-likeness (QED) is 0.115. The van der Waals surface area contributed by atoms with Crippen LogP contribution in [0.5, 0.6) is 0 Å². The van der Waals surface area contributed by atoms with Crippen LogP contribution in [0.2, 0.25) is 20.1 Å². The number of likely N-dealkylation sites (tertiary alicyclic amines) is 2. The molecular formula is C62H54Cl4F2N10O3. The molecule has 2 spiro atoms. The number of rotatable bonds is 7. The predicted molar refractivity (Wildman–Crippen MR) is 311 cm³/mol. The third-order valence-corrected chi connectivity index (χ3v) is 19.9. The lowest BCUT2D eigenvalue weighted by Gasteiger charge is -2.40. The first-order valence-corrected chi connectivity index (χ1v) is 29.3. The van der Waals surface area contributed by atoms with Crippen LogP contribution in [-0.4, -0.2) is 71.8 Å². The molecule has 8 heterocycles. The summed E-state index contributed by atoms with van der Waals surface area (Å²) >= 11 is 25.6. The number of fused-ring (bicyclic) bond motifs is 14. The second kappa shape index (κ2) is 18.7. The highest BCUT2D eigenvalue weighted by molar-refractivity contribution is 6.32. The second-order valence-electron chi connectivity index (χ2n) is 23.4. The van der Waals surface area contributed by atoms with Crippen LogP contribution < -0.4 is 21.7 Å². The van der Waals surface area contributed by atoms with E-state index in [4.69, 9.17) is 62.1 Å². The standard InChI is InChI=1S/C32H28Cl2FN5O2.C30H26Cl2FN5O/c1-16(41)36-19-8-10-25-24(14-19)37-30-27-26(11-12-39(25)30)40(15-17-5-6-17)32(28(27)20-3-2-4-22(34)29(20)35)21-9-7-18(33)13-23(21)38-31(32)42;31-16-6-8-19-21(12-16)36-29(39)30(19)26(18-2-1-3-20(32)27(18)33)25-24(38(30)14-15-4-5-15)10-11-37-23-9-7-17(34)13-22(23)35-28(25)37/h2-4,7-10,13-14,17,26-28H,5-6,11-12,15H2,1H3,(H,36,41)(H,38,42);1-3,6-9,12-13,15,24-26H,4-5,10-11,14,34H2,(H,36,39)/t26-,27+,28-,32+;24-,25+,26-,30+/m00/s1. The maximum absolute atomic E-state index is 16.2. The van der Waals surface area contributed by atoms with Crippen LogP contribution in [0.25, 0.3) is 22.1 Å². The fourth-order valence-electron chi connectivity index (χ4n) is 15.5. The van der Waals surface area contributed by atoms with Gasteiger partial charge in [-0.3, -0.25) is 24.2 Å². The highest BCUT2D eigenvalue weighted by atomic mass is 35.5. The van der Waals surface area contributed by atoms with Crippen molar-refractivity contribution in [1.29, 1.82) is 0 Å². The highest BCUT2D eigenvalue weighted by Crippen LogP contribution is 2.67. The Morgan fingerprint density at radius 1 is 0.630 bits per heavy atom. The molecule has 19 heteroatoms. The van der Waals surface area contributed by atoms with E-state index in [1.807, 2.05) is 60.7 Å². The summed E-state index contributed by atoms with van der Waals surface area (Å²) < 4.78 is 36.7. The van der Waals surface area contributed by atoms with E-state index in [1.165, 1.54) is 6.92 Å². The molecule has 6 aromatic carbocycles. The zero-order chi connectivity index (χ0) is 55.5. The number of nitrogens with two attached hydrogens (primary N) is 1. The van der Waals surface area contributed by atoms with Gasteiger partial charge in [0.15, 0.2) is 0 Å². The van der Waals surface area contributed by atoms with Crippen molar-refractivity contribution in [2.75, 3.05) is 34.8 Å². The molecule has 8 aliphatic rings. The van der Waals surface area contributed by atoms with E-state index < -0.39 is 34.5 Å². The Kier molecular flexibility index (Phi) is 11.9. The van der Waals surface area contributed by atoms with Gasteiger partial charge in [0.05, 0.1) is 32.1 Å². The Morgan fingerprint density at radius 2 is 1.10 bits per heavy atom. The normalized spacial score (nSPS) is 26.9. The number of anilines is 4. The Balaban J connectivity index is 0.000000140. The first kappa shape index (κ1) is 51.3. The summed E-state index contributed by atoms with van der Waals surface area (Å²) in [7, 11) is 0. The summed E-state index contributed by atoms with van der Waals surface area (Å²) in [5.41, 5.74) is 12.5. The number of hydrogen-bond acceptors (Lipinski definition) is 8. The van der Waals surface area contributed by atoms with E-state index in [0.29, 0.717) is 62.3 Å². The molecule has 0 unspecified atom stereocenters. The first-order chi connectivity index (χ1) is 39.1. The van der Waals surface area contributed by atoms with Gasteiger partial charge in [0.25, 0.3) is 0 Å². The molecule has 4 fully saturated rings. The van der Waals surface area contributed by atoms with Gasteiger partial charge in [-0.25, -0.2) is 18.7 Å². The number of hydrogen-bond donors (Lipinski definition) is 4. The number of imidazole rings is 2. The number of benzene rings is 6. The summed E-state index contributed by atoms with van der Waals surface area (Å²) in [6.07, 6.45) is 6.08. The summed E-state index contributed by atoms with van der Waals surface area (Å²) in [4.78, 5) is 55.7. The largest absolute Gasteiger partial charge is 0.399 e. The maximum atomic E-state index is 16.2. The molecule has 13 nitrogen and oxygen atoms in total. The molecule has 412 valence electrons. The molecule has 5 N–H and O–H groups in total. The third-order valence-electron chi connectivity index (χ3n) is 18.9. The van der Waals surface area contributed by atoms with Crippen LogP contribution in [0, 0.1) is 23.5 Å². The van der Waals surface area contributed by atoms with E-state index in [2.05, 4.69) is 34.9 Å². The van der Waals surface area contributed by atoms with Crippen LogP contribution in [0.3, 0.4) is 0 Å². The number of halogens is 6. The Hall–Kier alpha value is -6.59. The van der Waals surface area contributed by atoms with Crippen molar-refractivity contribution in [2.45, 2.75) is 105 Å². The maximum Gasteiger partial charge on any atom is 0.250 e. The van der Waals surface area contributed by atoms with Crippen LogP contribution in [0.15, 0.2) is 109 Å². The fraction of sp³-hybridized carbons (Fsp3) is 0.339. The highest BCUT2D eigenvalue weighted by Gasteiger charge is 2.71. The topological polar surface area (TPSA) is 155 Å². The Bertz CT molecular complexity index is 4030. The molecule has 3 amide bonds. The summed E-state index contributed by atoms with van der Waals surface area (Å²) in [5.74, 6) is -0.497. The average Bonchev–Trinajstić information content (AvgIpc) is 2.04. The van der Waals surface area contributed by atoms with Gasteiger partial charge in [-0.2, -0.15) is 0 Å². The fourth-order valence-corrected chi connectivity index (χ4v) is 16.2. The van der Waals surface area contributed by atoms with Crippen molar-refractivity contribution < 1.29 is 23.2 Å². The molecule has 0 bridgehead atoms. The van der Waals surface area contributed by atoms with Gasteiger partial charge in [-0.15, -0.1) is 0 Å². The van der Waals surface area contributed by atoms with Crippen LogP contribution in [0.4, 0.5) is 31.5 Å². The van der Waals surface area contributed by atoms with E-state index in [1.54, 1.807) is 48.5 Å². The first-order valence-electron chi connectivity index (χ1n) is 27.8. The molecule has 0 radical (unpaired) electrons. The monoisotopic (exact) mass is 1160 g/mol. The SMILES string of the molecule is CC(=O)Nc1ccc2c(c1)nc1n2CC[C@H]2[C@@H]1[C@H](c1cccc(Cl)c1F)[C@]1(C(=O)Nc3cc(Cl)ccc31)N2CC1CC1.Nc1ccc2c(c1)nc1n2CC[C@H]2[C@@H]1[C@H](c1cccc(Cl)c1F)[C@]1(C(=O)Nc3cc(Cl)ccc31)N2CC1CC1. The van der Waals surface area contributed by atoms with Crippen molar-refractivity contribution in [1.82, 2.24) is 28.9 Å². The number of aromatic nitrogens is 4. The van der Waals surface area contributed by atoms with Crippen molar-refractivity contribution in [2.24, 2.45) is 11.8 Å². The number of carbonyl (C=O) groups is 3. The number of aryl methyl sites for hydroxylation is 2. The Labute approximate surface area is 485 Å². The molecule has 2 saturated heterocycles. The van der Waals surface area contributed by atoms with Crippen LogP contribution in [-0.2, 0) is 38.6 Å². The summed E-state index contributed by atoms with van der Waals surface area (Å²) in [6.45, 7) is 4.45. The van der Waals surface area contributed by atoms with Gasteiger partial charge in [0.1, 0.15) is 34.4 Å². The van der Waals surface area contributed by atoms with Crippen LogP contribution in [0.1, 0.15) is 103 Å². The van der Waals surface area contributed by atoms with E-state index >= 15 is 8.78 Å². The van der Waals surface area contributed by atoms with Gasteiger partial charge in [-0.1, -0.05) is 82.8 Å². The molecule has 8 aromatic rings. The minimum Gasteiger partial charge on any atom is -0.399 e. The van der Waals surface area contributed by atoms with Gasteiger partial charge in [0, 0.05) is 113 Å². The number of nitrogens with one attached hydrogen (secondary N) is 3. The lowest BCUT2D eigenvalue weighted by atomic mass is 9.70. The Morgan fingerprint density at radius 3 is 1.57 bits per heavy atom. The van der Waals surface area contributed by atoms with Crippen molar-refractivity contribution in [3.63, 3.8) is 0 Å². The van der Waals surface area contributed by atoms with E-state index in [9.17, 15) is 14.4 Å². The zero-order valence-electron chi connectivity index (χ0n) is 43.8. The van der Waals surface area contributed by atoms with Gasteiger partial charge < -0.3 is 30.8 Å². The number of carbonyl (C=O) groups excluding carboxylic acids is 3. The molecule has 2 aromatic heterocycles. The van der Waals surface area contributed by atoms with Gasteiger partial charge in [0.2, 0.25) is 17.7 Å². The predicted octanol–water partition coefficient (Wildman–Crippen LogP) is 12.9. The third kappa shape index (κ3) is 7.64. The second-order valence-corrected chi connectivity index (χ2v) is 25.1. The number of nitrogen functional groups attached to an aromatic ring is 1.